The molecule has 0 unspecified atom stereocenters. The maximum atomic E-state index is 14.7. The van der Waals surface area contributed by atoms with Crippen molar-refractivity contribution in [2.45, 2.75) is 10.8 Å². The van der Waals surface area contributed by atoms with E-state index in [1.807, 2.05) is 98.0 Å². The average molecular weight is 666 g/mol. The highest BCUT2D eigenvalue weighted by molar-refractivity contribution is 7.87. The molecule has 0 saturated carbocycles. The number of fused-ring (bicyclic) bond motifs is 3. The van der Waals surface area contributed by atoms with Crippen molar-refractivity contribution < 1.29 is 21.4 Å². The van der Waals surface area contributed by atoms with E-state index < -0.39 is 27.5 Å². The molecule has 0 radical (unpaired) electrons. The van der Waals surface area contributed by atoms with Gasteiger partial charge in [0.2, 0.25) is 0 Å². The van der Waals surface area contributed by atoms with Gasteiger partial charge in [0.1, 0.15) is 10.7 Å². The number of aromatic nitrogens is 1. The van der Waals surface area contributed by atoms with E-state index in [9.17, 15) is 17.6 Å². The number of hydrogen-bond acceptors (Lipinski definition) is 5. The molecule has 0 atom stereocenters. The molecule has 2 heterocycles. The number of rotatable bonds is 7. The van der Waals surface area contributed by atoms with E-state index in [2.05, 4.69) is 4.57 Å². The lowest BCUT2D eigenvalue weighted by Crippen LogP contribution is -2.14. The molecule has 0 fully saturated rings. The van der Waals surface area contributed by atoms with Crippen molar-refractivity contribution >= 4 is 42.6 Å². The lowest BCUT2D eigenvalue weighted by atomic mass is 9.84. The van der Waals surface area contributed by atoms with Gasteiger partial charge >= 0.3 is 21.7 Å². The van der Waals surface area contributed by atoms with Gasteiger partial charge < -0.3 is 13.2 Å². The Morgan fingerprint density at radius 3 is 1.98 bits per heavy atom. The number of benzene rings is 6. The van der Waals surface area contributed by atoms with E-state index in [4.69, 9.17) is 8.60 Å². The smallest absolute Gasteiger partial charge is 0.346 e. The van der Waals surface area contributed by atoms with Gasteiger partial charge in [-0.2, -0.15) is 8.42 Å². The zero-order valence-electron chi connectivity index (χ0n) is 26.2. The Bertz CT molecular complexity index is 2660. The fourth-order valence-electron chi connectivity index (χ4n) is 6.87. The topological polar surface area (TPSA) is 78.5 Å². The van der Waals surface area contributed by atoms with Crippen LogP contribution < -0.4 is 9.81 Å². The number of aryl methyl sites for hydroxylation is 1. The van der Waals surface area contributed by atoms with Gasteiger partial charge in [0.25, 0.3) is 0 Å². The second kappa shape index (κ2) is 11.9. The summed E-state index contributed by atoms with van der Waals surface area (Å²) >= 11 is 0. The second-order valence-corrected chi connectivity index (χ2v) is 13.4. The van der Waals surface area contributed by atoms with Crippen molar-refractivity contribution in [1.82, 2.24) is 4.57 Å². The third kappa shape index (κ3) is 5.17. The van der Waals surface area contributed by atoms with Crippen LogP contribution >= 0.6 is 0 Å². The molecule has 0 aliphatic rings. The highest BCUT2D eigenvalue weighted by Crippen LogP contribution is 2.48. The second-order valence-electron chi connectivity index (χ2n) is 11.8. The molecule has 2 aromatic heterocycles. The maximum Gasteiger partial charge on any atom is 0.346 e. The molecule has 8 aromatic rings. The molecular formula is C41H28FNO5S. The summed E-state index contributed by atoms with van der Waals surface area (Å²) in [6.07, 6.45) is 0. The van der Waals surface area contributed by atoms with Gasteiger partial charge in [-0.05, 0) is 40.8 Å². The highest BCUT2D eigenvalue weighted by Gasteiger charge is 2.33. The number of nitrogens with zero attached hydrogens (tertiary/aromatic N) is 1. The quantitative estimate of drug-likeness (QED) is 0.159. The van der Waals surface area contributed by atoms with Crippen LogP contribution in [0.15, 0.2) is 160 Å². The van der Waals surface area contributed by atoms with Crippen molar-refractivity contribution in [1.29, 1.82) is 0 Å². The number of halogens is 1. The van der Waals surface area contributed by atoms with E-state index >= 15 is 0 Å². The molecule has 6 nitrogen and oxygen atoms in total. The Balaban J connectivity index is 1.48. The van der Waals surface area contributed by atoms with Crippen LogP contribution in [0.3, 0.4) is 0 Å². The molecule has 0 saturated heterocycles. The van der Waals surface area contributed by atoms with Crippen molar-refractivity contribution in [3.63, 3.8) is 0 Å². The average Bonchev–Trinajstić information content (AvgIpc) is 3.40. The molecular weight excluding hydrogens is 638 g/mol. The van der Waals surface area contributed by atoms with E-state index in [-0.39, 0.29) is 21.8 Å². The van der Waals surface area contributed by atoms with Crippen LogP contribution in [-0.4, -0.2) is 13.0 Å². The minimum Gasteiger partial charge on any atom is -0.388 e. The van der Waals surface area contributed by atoms with Crippen molar-refractivity contribution in [3.8, 4) is 17.1 Å². The first-order valence-electron chi connectivity index (χ1n) is 15.7. The fraction of sp³-hybridized carbons (Fsp3) is 0.0488. The van der Waals surface area contributed by atoms with Gasteiger partial charge in [0, 0.05) is 45.9 Å². The molecule has 0 aliphatic heterocycles. The third-order valence-electron chi connectivity index (χ3n) is 9.01. The van der Waals surface area contributed by atoms with E-state index in [1.54, 1.807) is 30.3 Å². The normalized spacial score (nSPS) is 11.9. The van der Waals surface area contributed by atoms with E-state index in [0.717, 1.165) is 33.8 Å². The summed E-state index contributed by atoms with van der Waals surface area (Å²) < 4.78 is 56.8. The third-order valence-corrected chi connectivity index (χ3v) is 10.3. The molecule has 0 N–H and O–H groups in total. The van der Waals surface area contributed by atoms with E-state index in [1.165, 1.54) is 18.2 Å². The summed E-state index contributed by atoms with van der Waals surface area (Å²) in [7, 11) is -2.61. The lowest BCUT2D eigenvalue weighted by molar-refractivity contribution is 0.364. The summed E-state index contributed by atoms with van der Waals surface area (Å²) in [5.41, 5.74) is 3.52. The number of para-hydroxylation sites is 1. The van der Waals surface area contributed by atoms with Crippen molar-refractivity contribution in [3.05, 3.63) is 179 Å². The van der Waals surface area contributed by atoms with Crippen LogP contribution in [0.25, 0.3) is 43.6 Å². The molecule has 0 bridgehead atoms. The first kappa shape index (κ1) is 30.4. The van der Waals surface area contributed by atoms with Gasteiger partial charge in [-0.3, -0.25) is 0 Å². The van der Waals surface area contributed by atoms with Crippen molar-refractivity contribution in [2.75, 3.05) is 0 Å². The summed E-state index contributed by atoms with van der Waals surface area (Å²) in [6.45, 7) is 0. The zero-order valence-corrected chi connectivity index (χ0v) is 27.0. The van der Waals surface area contributed by atoms with Crippen LogP contribution in [0, 0.1) is 5.82 Å². The Hall–Kier alpha value is -5.99. The largest absolute Gasteiger partial charge is 0.388 e. The molecule has 0 amide bonds. The van der Waals surface area contributed by atoms with Gasteiger partial charge in [0.15, 0.2) is 0 Å². The number of hydrogen-bond donors (Lipinski definition) is 0. The molecule has 0 spiro atoms. The minimum absolute atomic E-state index is 0.0419. The molecule has 240 valence electrons. The van der Waals surface area contributed by atoms with Crippen LogP contribution in [0.4, 0.5) is 4.39 Å². The standard InChI is InChI=1S/C41H28FNO5S/c1-43-34-21-11-10-20-32(34)37(39(43)36(27-14-4-2-5-15-27)28-16-6-3-7-17-28)38-31-24-23-29(42)25-33(31)40(44)47-41(38)48-49(45,46)35-22-12-18-26-13-8-9-19-30(26)35/h2-25,36H,1H3. The summed E-state index contributed by atoms with van der Waals surface area (Å²) in [6, 6.07) is 43.4. The van der Waals surface area contributed by atoms with Gasteiger partial charge in [-0.1, -0.05) is 121 Å². The highest BCUT2D eigenvalue weighted by atomic mass is 32.2. The summed E-state index contributed by atoms with van der Waals surface area (Å²) in [5, 5.41) is 2.17. The molecule has 6 aromatic carbocycles. The Kier molecular flexibility index (Phi) is 7.38. The lowest BCUT2D eigenvalue weighted by Gasteiger charge is -2.23. The van der Waals surface area contributed by atoms with E-state index in [0.29, 0.717) is 21.7 Å². The SMILES string of the molecule is Cn1c(C(c2ccccc2)c2ccccc2)c(-c2c(OS(=O)(=O)c3cccc4ccccc34)oc(=O)c3cc(F)ccc23)c2ccccc21. The van der Waals surface area contributed by atoms with Crippen molar-refractivity contribution in [2.24, 2.45) is 7.05 Å². The van der Waals surface area contributed by atoms with Crippen LogP contribution in [-0.2, 0) is 17.2 Å². The van der Waals surface area contributed by atoms with Gasteiger partial charge in [-0.15, -0.1) is 0 Å². The fourth-order valence-corrected chi connectivity index (χ4v) is 7.98. The van der Waals surface area contributed by atoms with Gasteiger partial charge in [0.05, 0.1) is 10.9 Å². The minimum atomic E-state index is -4.56. The predicted molar refractivity (Wildman–Crippen MR) is 190 cm³/mol. The predicted octanol–water partition coefficient (Wildman–Crippen LogP) is 9.19. The monoisotopic (exact) mass is 665 g/mol. The van der Waals surface area contributed by atoms with Gasteiger partial charge in [-0.25, -0.2) is 9.18 Å². The first-order chi connectivity index (χ1) is 23.8. The maximum absolute atomic E-state index is 14.7. The molecule has 49 heavy (non-hydrogen) atoms. The zero-order chi connectivity index (χ0) is 33.7. The molecule has 0 aliphatic carbocycles. The van der Waals surface area contributed by atoms with Crippen LogP contribution in [0.5, 0.6) is 5.95 Å². The Morgan fingerprint density at radius 2 is 1.27 bits per heavy atom. The summed E-state index contributed by atoms with van der Waals surface area (Å²) in [5.74, 6) is -1.48. The first-order valence-corrected chi connectivity index (χ1v) is 17.1. The van der Waals surface area contributed by atoms with Crippen LogP contribution in [0.2, 0.25) is 0 Å². The van der Waals surface area contributed by atoms with Crippen LogP contribution in [0.1, 0.15) is 22.7 Å². The molecule has 8 rings (SSSR count). The molecule has 8 heteroatoms. The summed E-state index contributed by atoms with van der Waals surface area (Å²) in [4.78, 5) is 13.4. The Morgan fingerprint density at radius 1 is 0.653 bits per heavy atom. The Labute approximate surface area is 281 Å².